The van der Waals surface area contributed by atoms with Gasteiger partial charge in [-0.15, -0.1) is 0 Å². The summed E-state index contributed by atoms with van der Waals surface area (Å²) in [7, 11) is -4.01. The van der Waals surface area contributed by atoms with Crippen molar-refractivity contribution in [1.29, 1.82) is 0 Å². The number of hydrogen-bond acceptors (Lipinski definition) is 3. The van der Waals surface area contributed by atoms with E-state index in [0.29, 0.717) is 0 Å². The maximum Gasteiger partial charge on any atom is 0.311 e. The summed E-state index contributed by atoms with van der Waals surface area (Å²) in [6.45, 7) is 3.47. The van der Waals surface area contributed by atoms with Crippen LogP contribution in [0.25, 0.3) is 0 Å². The van der Waals surface area contributed by atoms with Gasteiger partial charge in [-0.05, 0) is 24.5 Å². The van der Waals surface area contributed by atoms with E-state index >= 15 is 0 Å². The predicted octanol–water partition coefficient (Wildman–Crippen LogP) is 1.95. The van der Waals surface area contributed by atoms with Gasteiger partial charge < -0.3 is 5.11 Å². The number of carboxylic acids is 1. The van der Waals surface area contributed by atoms with E-state index in [1.165, 1.54) is 18.2 Å². The van der Waals surface area contributed by atoms with Crippen LogP contribution in [0.2, 0.25) is 0 Å². The topological polar surface area (TPSA) is 74.7 Å². The monoisotopic (exact) mass is 315 g/mol. The smallest absolute Gasteiger partial charge is 0.311 e. The zero-order valence-corrected chi connectivity index (χ0v) is 12.7. The van der Waals surface area contributed by atoms with E-state index in [1.54, 1.807) is 13.8 Å². The fourth-order valence-corrected chi connectivity index (χ4v) is 4.26. The normalized spacial score (nSPS) is 23.6. The number of rotatable bonds is 4. The summed E-state index contributed by atoms with van der Waals surface area (Å²) in [4.78, 5) is 11.1. The van der Waals surface area contributed by atoms with Gasteiger partial charge >= 0.3 is 5.97 Å². The van der Waals surface area contributed by atoms with Crippen LogP contribution in [0.15, 0.2) is 29.2 Å². The van der Waals surface area contributed by atoms with Crippen molar-refractivity contribution in [3.63, 3.8) is 0 Å². The van der Waals surface area contributed by atoms with Gasteiger partial charge in [0.2, 0.25) is 10.0 Å². The lowest BCUT2D eigenvalue weighted by Crippen LogP contribution is -2.40. The number of sulfonamides is 1. The highest BCUT2D eigenvalue weighted by molar-refractivity contribution is 7.89. The predicted molar refractivity (Wildman–Crippen MR) is 74.7 cm³/mol. The number of aliphatic carboxylic acids is 1. The number of benzene rings is 1. The summed E-state index contributed by atoms with van der Waals surface area (Å²) < 4.78 is 39.8. The highest BCUT2D eigenvalue weighted by Crippen LogP contribution is 2.40. The fraction of sp³-hybridized carbons (Fsp3) is 0.500. The minimum Gasteiger partial charge on any atom is -0.481 e. The van der Waals surface area contributed by atoms with Crippen LogP contribution in [0.4, 0.5) is 4.39 Å². The molecule has 1 aromatic rings. The zero-order valence-electron chi connectivity index (χ0n) is 11.9. The molecule has 0 aliphatic carbocycles. The number of halogens is 1. The lowest BCUT2D eigenvalue weighted by atomic mass is 9.77. The average molecular weight is 315 g/mol. The first-order chi connectivity index (χ1) is 9.71. The quantitative estimate of drug-likeness (QED) is 0.921. The average Bonchev–Trinajstić information content (AvgIpc) is 2.86. The van der Waals surface area contributed by atoms with Gasteiger partial charge in [0.05, 0.1) is 5.41 Å². The molecule has 1 aliphatic heterocycles. The maximum absolute atomic E-state index is 13.7. The molecule has 1 fully saturated rings. The largest absolute Gasteiger partial charge is 0.481 e. The van der Waals surface area contributed by atoms with Crippen molar-refractivity contribution in [1.82, 2.24) is 4.31 Å². The Balaban J connectivity index is 2.37. The molecule has 7 heteroatoms. The van der Waals surface area contributed by atoms with Crippen LogP contribution < -0.4 is 0 Å². The van der Waals surface area contributed by atoms with Crippen LogP contribution in [0.1, 0.15) is 20.3 Å². The minimum absolute atomic E-state index is 0.0845. The molecule has 1 aliphatic rings. The zero-order chi connectivity index (χ0) is 15.8. The molecular formula is C14H18FNO4S. The lowest BCUT2D eigenvalue weighted by Gasteiger charge is -2.28. The first-order valence-electron chi connectivity index (χ1n) is 6.70. The first-order valence-corrected chi connectivity index (χ1v) is 8.14. The summed E-state index contributed by atoms with van der Waals surface area (Å²) in [6.07, 6.45) is 0.230. The molecule has 1 heterocycles. The van der Waals surface area contributed by atoms with E-state index in [2.05, 4.69) is 0 Å². The molecule has 1 saturated heterocycles. The van der Waals surface area contributed by atoms with Crippen molar-refractivity contribution in [2.75, 3.05) is 13.1 Å². The Hall–Kier alpha value is -1.47. The summed E-state index contributed by atoms with van der Waals surface area (Å²) >= 11 is 0. The SMILES string of the molecule is CC(C)C1(C(=O)O)CCN(S(=O)(=O)c2ccccc2F)C1. The van der Waals surface area contributed by atoms with Gasteiger partial charge in [0.25, 0.3) is 0 Å². The molecule has 0 spiro atoms. The summed E-state index contributed by atoms with van der Waals surface area (Å²) in [5.74, 6) is -2.05. The molecule has 0 bridgehead atoms. The molecule has 1 atom stereocenters. The molecule has 116 valence electrons. The standard InChI is InChI=1S/C14H18FNO4S/c1-10(2)14(13(17)18)7-8-16(9-14)21(19,20)12-6-4-3-5-11(12)15/h3-6,10H,7-9H2,1-2H3,(H,17,18). The molecular weight excluding hydrogens is 297 g/mol. The fourth-order valence-electron chi connectivity index (χ4n) is 2.69. The third kappa shape index (κ3) is 2.55. The van der Waals surface area contributed by atoms with Crippen molar-refractivity contribution >= 4 is 16.0 Å². The van der Waals surface area contributed by atoms with Crippen molar-refractivity contribution < 1.29 is 22.7 Å². The maximum atomic E-state index is 13.7. The van der Waals surface area contributed by atoms with Crippen molar-refractivity contribution in [3.05, 3.63) is 30.1 Å². The van der Waals surface area contributed by atoms with Gasteiger partial charge in [0, 0.05) is 13.1 Å². The molecule has 0 saturated carbocycles. The summed E-state index contributed by atoms with van der Waals surface area (Å²) in [5, 5.41) is 9.45. The van der Waals surface area contributed by atoms with Gasteiger partial charge in [0.1, 0.15) is 10.7 Å². The minimum atomic E-state index is -4.01. The lowest BCUT2D eigenvalue weighted by molar-refractivity contribution is -0.150. The number of carbonyl (C=O) groups is 1. The van der Waals surface area contributed by atoms with E-state index < -0.39 is 32.1 Å². The summed E-state index contributed by atoms with van der Waals surface area (Å²) in [5.41, 5.74) is -1.11. The summed E-state index contributed by atoms with van der Waals surface area (Å²) in [6, 6.07) is 5.13. The number of carboxylic acid groups (broad SMARTS) is 1. The molecule has 1 N–H and O–H groups in total. The van der Waals surface area contributed by atoms with Crippen LogP contribution in [-0.4, -0.2) is 36.9 Å². The molecule has 0 aromatic heterocycles. The van der Waals surface area contributed by atoms with E-state index in [4.69, 9.17) is 0 Å². The van der Waals surface area contributed by atoms with Gasteiger partial charge in [-0.1, -0.05) is 26.0 Å². The second-order valence-electron chi connectivity index (χ2n) is 5.64. The molecule has 1 unspecified atom stereocenters. The third-order valence-electron chi connectivity index (χ3n) is 4.25. The highest BCUT2D eigenvalue weighted by atomic mass is 32.2. The first kappa shape index (κ1) is 15.9. The van der Waals surface area contributed by atoms with Crippen molar-refractivity contribution in [2.45, 2.75) is 25.2 Å². The van der Waals surface area contributed by atoms with Gasteiger partial charge in [-0.3, -0.25) is 4.79 Å². The van der Waals surface area contributed by atoms with Crippen LogP contribution in [0.3, 0.4) is 0 Å². The Labute approximate surface area is 123 Å². The van der Waals surface area contributed by atoms with Crippen LogP contribution in [0, 0.1) is 17.2 Å². The Morgan fingerprint density at radius 2 is 2.00 bits per heavy atom. The van der Waals surface area contributed by atoms with Gasteiger partial charge in [0.15, 0.2) is 0 Å². The second-order valence-corrected chi connectivity index (χ2v) is 7.54. The van der Waals surface area contributed by atoms with Crippen LogP contribution >= 0.6 is 0 Å². The van der Waals surface area contributed by atoms with Crippen LogP contribution in [-0.2, 0) is 14.8 Å². The van der Waals surface area contributed by atoms with Crippen molar-refractivity contribution in [2.24, 2.45) is 11.3 Å². The number of hydrogen-bond donors (Lipinski definition) is 1. The van der Waals surface area contributed by atoms with E-state index in [-0.39, 0.29) is 25.4 Å². The van der Waals surface area contributed by atoms with Gasteiger partial charge in [-0.2, -0.15) is 4.31 Å². The number of nitrogens with zero attached hydrogens (tertiary/aromatic N) is 1. The Kier molecular flexibility index (Phi) is 4.08. The molecule has 1 aromatic carbocycles. The third-order valence-corrected chi connectivity index (χ3v) is 6.13. The van der Waals surface area contributed by atoms with Crippen LogP contribution in [0.5, 0.6) is 0 Å². The molecule has 5 nitrogen and oxygen atoms in total. The second kappa shape index (κ2) is 5.38. The molecule has 2 rings (SSSR count). The Bertz CT molecular complexity index is 659. The Morgan fingerprint density at radius 3 is 2.48 bits per heavy atom. The molecule has 0 radical (unpaired) electrons. The Morgan fingerprint density at radius 1 is 1.38 bits per heavy atom. The molecule has 0 amide bonds. The van der Waals surface area contributed by atoms with E-state index in [9.17, 15) is 22.7 Å². The highest BCUT2D eigenvalue weighted by Gasteiger charge is 2.50. The van der Waals surface area contributed by atoms with Gasteiger partial charge in [-0.25, -0.2) is 12.8 Å². The molecule has 21 heavy (non-hydrogen) atoms. The van der Waals surface area contributed by atoms with E-state index in [1.807, 2.05) is 0 Å². The van der Waals surface area contributed by atoms with Crippen molar-refractivity contribution in [3.8, 4) is 0 Å². The van der Waals surface area contributed by atoms with E-state index in [0.717, 1.165) is 10.4 Å².